The average molecular weight is 505 g/mol. The summed E-state index contributed by atoms with van der Waals surface area (Å²) in [7, 11) is 0. The van der Waals surface area contributed by atoms with Crippen molar-refractivity contribution in [1.82, 2.24) is 5.32 Å². The van der Waals surface area contributed by atoms with E-state index in [1.54, 1.807) is 6.07 Å². The zero-order valence-electron chi connectivity index (χ0n) is 16.3. The number of allylic oxidation sites excluding steroid dienone is 1. The van der Waals surface area contributed by atoms with Gasteiger partial charge in [0.2, 0.25) is 5.91 Å². The lowest BCUT2D eigenvalue weighted by Crippen LogP contribution is -2.35. The first-order valence-corrected chi connectivity index (χ1v) is 10.6. The van der Waals surface area contributed by atoms with Gasteiger partial charge in [-0.15, -0.1) is 6.58 Å². The fraction of sp³-hybridized carbons (Fsp3) is 0.304. The molecule has 1 aliphatic carbocycles. The number of nitrogens with one attached hydrogen (secondary N) is 1. The lowest BCUT2D eigenvalue weighted by atomic mass is 10.1. The summed E-state index contributed by atoms with van der Waals surface area (Å²) in [5.74, 6) is 1.19. The fourth-order valence-corrected chi connectivity index (χ4v) is 4.03. The van der Waals surface area contributed by atoms with Crippen molar-refractivity contribution in [3.63, 3.8) is 0 Å². The summed E-state index contributed by atoms with van der Waals surface area (Å²) in [5, 5.41) is 2.99. The summed E-state index contributed by atoms with van der Waals surface area (Å²) in [6.07, 6.45) is 3.22. The minimum atomic E-state index is -0.374. The fourth-order valence-electron chi connectivity index (χ4n) is 3.11. The standard InChI is InChI=1S/C23H24INO4/c1-3-19-14-23(19,24)22(27)25-12-11-18-13-17(9-10-21(18)29-16(2)26)15-28-20-7-5-4-6-8-20/h3-10,13,19H,1,11-12,14-15H2,2H3,(H,25,27). The van der Waals surface area contributed by atoms with E-state index in [1.165, 1.54) is 6.92 Å². The Morgan fingerprint density at radius 3 is 2.69 bits per heavy atom. The van der Waals surface area contributed by atoms with Crippen molar-refractivity contribution in [3.05, 3.63) is 72.3 Å². The number of hydrogen-bond donors (Lipinski definition) is 1. The van der Waals surface area contributed by atoms with E-state index in [-0.39, 0.29) is 21.2 Å². The van der Waals surface area contributed by atoms with Gasteiger partial charge >= 0.3 is 5.97 Å². The zero-order chi connectivity index (χ0) is 20.9. The Kier molecular flexibility index (Phi) is 6.95. The van der Waals surface area contributed by atoms with Gasteiger partial charge in [0.15, 0.2) is 0 Å². The summed E-state index contributed by atoms with van der Waals surface area (Å²) in [6.45, 7) is 6.01. The van der Waals surface area contributed by atoms with Crippen LogP contribution in [0.15, 0.2) is 61.2 Å². The third-order valence-electron chi connectivity index (χ3n) is 4.81. The molecule has 5 nitrogen and oxygen atoms in total. The van der Waals surface area contributed by atoms with Crippen molar-refractivity contribution in [1.29, 1.82) is 0 Å². The van der Waals surface area contributed by atoms with Crippen LogP contribution in [0.3, 0.4) is 0 Å². The van der Waals surface area contributed by atoms with Gasteiger partial charge in [-0.05, 0) is 48.2 Å². The maximum Gasteiger partial charge on any atom is 0.308 e. The summed E-state index contributed by atoms with van der Waals surface area (Å²) >= 11 is 2.21. The molecule has 0 radical (unpaired) electrons. The van der Waals surface area contributed by atoms with Crippen LogP contribution in [-0.2, 0) is 22.6 Å². The molecule has 2 unspecified atom stereocenters. The largest absolute Gasteiger partial charge is 0.489 e. The molecule has 0 aromatic heterocycles. The second-order valence-corrected chi connectivity index (χ2v) is 8.98. The zero-order valence-corrected chi connectivity index (χ0v) is 18.5. The Hall–Kier alpha value is -2.35. The maximum absolute atomic E-state index is 12.4. The predicted octanol–water partition coefficient (Wildman–Crippen LogP) is 4.23. The second kappa shape index (κ2) is 9.43. The molecule has 1 aliphatic rings. The summed E-state index contributed by atoms with van der Waals surface area (Å²) in [5.41, 5.74) is 1.82. The highest BCUT2D eigenvalue weighted by atomic mass is 127. The first-order valence-electron chi connectivity index (χ1n) is 9.50. The molecule has 2 atom stereocenters. The summed E-state index contributed by atoms with van der Waals surface area (Å²) in [6, 6.07) is 15.2. The normalized spacial score (nSPS) is 19.9. The van der Waals surface area contributed by atoms with Crippen LogP contribution in [0.2, 0.25) is 0 Å². The van der Waals surface area contributed by atoms with Crippen molar-refractivity contribution in [2.75, 3.05) is 6.54 Å². The Balaban J connectivity index is 1.63. The van der Waals surface area contributed by atoms with Crippen LogP contribution in [0.1, 0.15) is 24.5 Å². The lowest BCUT2D eigenvalue weighted by Gasteiger charge is -2.14. The maximum atomic E-state index is 12.4. The molecule has 6 heteroatoms. The van der Waals surface area contributed by atoms with Gasteiger partial charge in [-0.3, -0.25) is 9.59 Å². The van der Waals surface area contributed by atoms with Gasteiger partial charge in [0.05, 0.1) is 0 Å². The number of benzene rings is 2. The van der Waals surface area contributed by atoms with Gasteiger partial charge in [0, 0.05) is 19.4 Å². The van der Waals surface area contributed by atoms with Gasteiger partial charge in [0.25, 0.3) is 0 Å². The van der Waals surface area contributed by atoms with Crippen molar-refractivity contribution < 1.29 is 19.1 Å². The van der Waals surface area contributed by atoms with Crippen LogP contribution in [0.5, 0.6) is 11.5 Å². The SMILES string of the molecule is C=CC1CC1(I)C(=O)NCCc1cc(COc2ccccc2)ccc1OC(C)=O. The Labute approximate surface area is 184 Å². The highest BCUT2D eigenvalue weighted by Gasteiger charge is 2.56. The number of alkyl halides is 1. The molecule has 2 aromatic rings. The van der Waals surface area contributed by atoms with Gasteiger partial charge in [-0.1, -0.05) is 52.9 Å². The molecule has 3 rings (SSSR count). The monoisotopic (exact) mass is 505 g/mol. The molecule has 29 heavy (non-hydrogen) atoms. The molecule has 1 N–H and O–H groups in total. The van der Waals surface area contributed by atoms with Gasteiger partial charge < -0.3 is 14.8 Å². The molecule has 0 heterocycles. The first-order chi connectivity index (χ1) is 13.9. The lowest BCUT2D eigenvalue weighted by molar-refractivity contribution is -0.132. The van der Waals surface area contributed by atoms with Crippen molar-refractivity contribution in [2.24, 2.45) is 5.92 Å². The number of esters is 1. The van der Waals surface area contributed by atoms with Crippen LogP contribution in [0.25, 0.3) is 0 Å². The molecule has 2 aromatic carbocycles. The molecular weight excluding hydrogens is 481 g/mol. The number of rotatable bonds is 9. The molecule has 152 valence electrons. The number of carbonyl (C=O) groups excluding carboxylic acids is 2. The van der Waals surface area contributed by atoms with E-state index in [0.29, 0.717) is 25.3 Å². The third kappa shape index (κ3) is 5.59. The molecule has 1 amide bonds. The van der Waals surface area contributed by atoms with Crippen molar-refractivity contribution in [2.45, 2.75) is 29.8 Å². The quantitative estimate of drug-likeness (QED) is 0.182. The average Bonchev–Trinajstić information content (AvgIpc) is 3.40. The minimum absolute atomic E-state index is 0.0283. The number of ether oxygens (including phenoxy) is 2. The second-order valence-electron chi connectivity index (χ2n) is 7.05. The van der Waals surface area contributed by atoms with E-state index in [1.807, 2.05) is 48.5 Å². The molecule has 0 saturated heterocycles. The van der Waals surface area contributed by atoms with E-state index in [9.17, 15) is 9.59 Å². The highest BCUT2D eigenvalue weighted by Crippen LogP contribution is 2.52. The third-order valence-corrected chi connectivity index (χ3v) is 6.54. The van der Waals surface area contributed by atoms with Crippen LogP contribution in [0.4, 0.5) is 0 Å². The van der Waals surface area contributed by atoms with Crippen molar-refractivity contribution >= 4 is 34.5 Å². The minimum Gasteiger partial charge on any atom is -0.489 e. The predicted molar refractivity (Wildman–Crippen MR) is 120 cm³/mol. The molecule has 0 bridgehead atoms. The van der Waals surface area contributed by atoms with Gasteiger partial charge in [0.1, 0.15) is 21.5 Å². The Bertz CT molecular complexity index is 899. The summed E-state index contributed by atoms with van der Waals surface area (Å²) in [4.78, 5) is 23.8. The highest BCUT2D eigenvalue weighted by molar-refractivity contribution is 14.1. The van der Waals surface area contributed by atoms with E-state index in [0.717, 1.165) is 23.3 Å². The molecule has 1 saturated carbocycles. The molecule has 0 aliphatic heterocycles. The number of halogens is 1. The molecular formula is C23H24INO4. The van der Waals surface area contributed by atoms with E-state index in [2.05, 4.69) is 34.5 Å². The first kappa shape index (κ1) is 21.4. The van der Waals surface area contributed by atoms with Crippen LogP contribution < -0.4 is 14.8 Å². The molecule has 1 fully saturated rings. The van der Waals surface area contributed by atoms with Crippen LogP contribution in [0, 0.1) is 5.92 Å². The smallest absolute Gasteiger partial charge is 0.308 e. The van der Waals surface area contributed by atoms with E-state index in [4.69, 9.17) is 9.47 Å². The molecule has 0 spiro atoms. The van der Waals surface area contributed by atoms with Gasteiger partial charge in [-0.25, -0.2) is 0 Å². The number of hydrogen-bond acceptors (Lipinski definition) is 4. The van der Waals surface area contributed by atoms with E-state index < -0.39 is 0 Å². The number of amides is 1. The number of carbonyl (C=O) groups is 2. The van der Waals surface area contributed by atoms with E-state index >= 15 is 0 Å². The van der Waals surface area contributed by atoms with Gasteiger partial charge in [-0.2, -0.15) is 0 Å². The summed E-state index contributed by atoms with van der Waals surface area (Å²) < 4.78 is 10.8. The van der Waals surface area contributed by atoms with Crippen molar-refractivity contribution in [3.8, 4) is 11.5 Å². The van der Waals surface area contributed by atoms with Crippen LogP contribution in [-0.4, -0.2) is 21.8 Å². The number of para-hydroxylation sites is 1. The van der Waals surface area contributed by atoms with Crippen LogP contribution >= 0.6 is 22.6 Å². The Morgan fingerprint density at radius 1 is 1.28 bits per heavy atom. The topological polar surface area (TPSA) is 64.6 Å². The Morgan fingerprint density at radius 2 is 2.03 bits per heavy atom.